The molecule has 178 valence electrons. The average molecular weight is 454 g/mol. The van der Waals surface area contributed by atoms with Gasteiger partial charge in [-0.1, -0.05) is 25.0 Å². The highest BCUT2D eigenvalue weighted by Crippen LogP contribution is 2.39. The van der Waals surface area contributed by atoms with Gasteiger partial charge in [0.2, 0.25) is 0 Å². The quantitative estimate of drug-likeness (QED) is 0.675. The summed E-state index contributed by atoms with van der Waals surface area (Å²) in [6, 6.07) is 8.01. The second kappa shape index (κ2) is 9.20. The van der Waals surface area contributed by atoms with Gasteiger partial charge in [0.1, 0.15) is 17.2 Å². The van der Waals surface area contributed by atoms with Crippen molar-refractivity contribution in [2.24, 2.45) is 5.92 Å². The standard InChI is InChI=1S/C26H35N3O4/c1-17-27-22-16-28(25(31)33-26(2,3)4)15-14-21(22)24(30)29(17)23(18-8-6-7-9-18)19-10-12-20(32-5)13-11-19/h10-13,18,23H,6-9,14-16H2,1-5H3. The van der Waals surface area contributed by atoms with Gasteiger partial charge in [-0.2, -0.15) is 0 Å². The van der Waals surface area contributed by atoms with Gasteiger partial charge in [0, 0.05) is 12.1 Å². The van der Waals surface area contributed by atoms with Gasteiger partial charge in [0.25, 0.3) is 5.56 Å². The van der Waals surface area contributed by atoms with E-state index in [4.69, 9.17) is 14.5 Å². The topological polar surface area (TPSA) is 73.7 Å². The van der Waals surface area contributed by atoms with Gasteiger partial charge >= 0.3 is 6.09 Å². The molecular formula is C26H35N3O4. The molecule has 0 N–H and O–H groups in total. The number of carbonyl (C=O) groups excluding carboxylic acids is 1. The molecule has 1 aliphatic heterocycles. The van der Waals surface area contributed by atoms with E-state index in [-0.39, 0.29) is 17.7 Å². The largest absolute Gasteiger partial charge is 0.497 e. The van der Waals surface area contributed by atoms with Crippen LogP contribution in [-0.2, 0) is 17.7 Å². The van der Waals surface area contributed by atoms with Crippen molar-refractivity contribution in [2.45, 2.75) is 78.0 Å². The van der Waals surface area contributed by atoms with E-state index in [1.807, 2.05) is 44.4 Å². The minimum absolute atomic E-state index is 0.0223. The summed E-state index contributed by atoms with van der Waals surface area (Å²) < 4.78 is 12.8. The SMILES string of the molecule is COc1ccc(C(C2CCCC2)n2c(C)nc3c(c2=O)CCN(C(=O)OC(C)(C)C)C3)cc1. The fourth-order valence-electron chi connectivity index (χ4n) is 5.14. The number of fused-ring (bicyclic) bond motifs is 1. The molecule has 1 saturated carbocycles. The van der Waals surface area contributed by atoms with Crippen LogP contribution in [0.15, 0.2) is 29.1 Å². The maximum absolute atomic E-state index is 13.8. The Morgan fingerprint density at radius 1 is 1.15 bits per heavy atom. The summed E-state index contributed by atoms with van der Waals surface area (Å²) in [5.41, 5.74) is 1.98. The van der Waals surface area contributed by atoms with Crippen molar-refractivity contribution in [2.75, 3.05) is 13.7 Å². The van der Waals surface area contributed by atoms with Crippen LogP contribution in [0.4, 0.5) is 4.79 Å². The molecule has 1 fully saturated rings. The molecule has 2 heterocycles. The van der Waals surface area contributed by atoms with Crippen molar-refractivity contribution in [3.8, 4) is 5.75 Å². The van der Waals surface area contributed by atoms with Gasteiger partial charge in [-0.25, -0.2) is 9.78 Å². The molecule has 4 rings (SSSR count). The number of aryl methyl sites for hydroxylation is 1. The van der Waals surface area contributed by atoms with Gasteiger partial charge in [-0.15, -0.1) is 0 Å². The first-order valence-corrected chi connectivity index (χ1v) is 11.9. The number of hydrogen-bond acceptors (Lipinski definition) is 5. The number of rotatable bonds is 4. The second-order valence-electron chi connectivity index (χ2n) is 10.2. The zero-order chi connectivity index (χ0) is 23.8. The molecule has 1 unspecified atom stereocenters. The van der Waals surface area contributed by atoms with Gasteiger partial charge < -0.3 is 14.4 Å². The first-order valence-electron chi connectivity index (χ1n) is 11.9. The van der Waals surface area contributed by atoms with E-state index in [1.54, 1.807) is 12.0 Å². The Balaban J connectivity index is 1.70. The molecule has 33 heavy (non-hydrogen) atoms. The van der Waals surface area contributed by atoms with Crippen molar-refractivity contribution in [3.05, 3.63) is 57.3 Å². The van der Waals surface area contributed by atoms with Crippen molar-refractivity contribution in [3.63, 3.8) is 0 Å². The Morgan fingerprint density at radius 2 is 1.82 bits per heavy atom. The van der Waals surface area contributed by atoms with Crippen LogP contribution in [0.3, 0.4) is 0 Å². The molecular weight excluding hydrogens is 418 g/mol. The fourth-order valence-corrected chi connectivity index (χ4v) is 5.14. The number of methoxy groups -OCH3 is 1. The van der Waals surface area contributed by atoms with E-state index in [1.165, 1.54) is 12.8 Å². The second-order valence-corrected chi connectivity index (χ2v) is 10.2. The molecule has 1 aromatic carbocycles. The van der Waals surface area contributed by atoms with E-state index in [0.717, 1.165) is 29.7 Å². The Morgan fingerprint density at radius 3 is 2.42 bits per heavy atom. The lowest BCUT2D eigenvalue weighted by Gasteiger charge is -2.33. The average Bonchev–Trinajstić information content (AvgIpc) is 3.29. The molecule has 1 aliphatic carbocycles. The highest BCUT2D eigenvalue weighted by atomic mass is 16.6. The predicted molar refractivity (Wildman–Crippen MR) is 127 cm³/mol. The van der Waals surface area contributed by atoms with E-state index in [9.17, 15) is 9.59 Å². The predicted octanol–water partition coefficient (Wildman–Crippen LogP) is 4.63. The Bertz CT molecular complexity index is 1060. The van der Waals surface area contributed by atoms with Crippen LogP contribution in [0, 0.1) is 12.8 Å². The lowest BCUT2D eigenvalue weighted by Crippen LogP contribution is -2.44. The minimum Gasteiger partial charge on any atom is -0.497 e. The number of carbonyl (C=O) groups is 1. The van der Waals surface area contributed by atoms with Gasteiger partial charge in [0.05, 0.1) is 25.4 Å². The third-order valence-corrected chi connectivity index (χ3v) is 6.68. The highest BCUT2D eigenvalue weighted by Gasteiger charge is 2.33. The maximum atomic E-state index is 13.8. The normalized spacial score (nSPS) is 17.5. The molecule has 0 saturated heterocycles. The lowest BCUT2D eigenvalue weighted by atomic mass is 9.90. The molecule has 2 aliphatic rings. The maximum Gasteiger partial charge on any atom is 0.410 e. The summed E-state index contributed by atoms with van der Waals surface area (Å²) in [6.07, 6.45) is 4.71. The van der Waals surface area contributed by atoms with Gasteiger partial charge in [0.15, 0.2) is 0 Å². The number of aromatic nitrogens is 2. The van der Waals surface area contributed by atoms with E-state index in [0.29, 0.717) is 36.9 Å². The number of amides is 1. The fraction of sp³-hybridized carbons (Fsp3) is 0.577. The summed E-state index contributed by atoms with van der Waals surface area (Å²) in [7, 11) is 1.66. The third kappa shape index (κ3) is 4.92. The van der Waals surface area contributed by atoms with Gasteiger partial charge in [-0.3, -0.25) is 9.36 Å². The summed E-state index contributed by atoms with van der Waals surface area (Å²) in [4.78, 5) is 32.8. The molecule has 1 atom stereocenters. The van der Waals surface area contributed by atoms with Crippen LogP contribution in [0.5, 0.6) is 5.75 Å². The van der Waals surface area contributed by atoms with Crippen molar-refractivity contribution < 1.29 is 14.3 Å². The Hall–Kier alpha value is -2.83. The monoisotopic (exact) mass is 453 g/mol. The Kier molecular flexibility index (Phi) is 6.50. The molecule has 7 heteroatoms. The van der Waals surface area contributed by atoms with Crippen LogP contribution in [-0.4, -0.2) is 39.8 Å². The van der Waals surface area contributed by atoms with Crippen LogP contribution in [0.1, 0.15) is 75.1 Å². The van der Waals surface area contributed by atoms with Crippen LogP contribution in [0.2, 0.25) is 0 Å². The number of nitrogens with zero attached hydrogens (tertiary/aromatic N) is 3. The number of ether oxygens (including phenoxy) is 2. The first kappa shape index (κ1) is 23.3. The van der Waals surface area contributed by atoms with Crippen LogP contribution >= 0.6 is 0 Å². The molecule has 1 amide bonds. The van der Waals surface area contributed by atoms with Gasteiger partial charge in [-0.05, 0) is 70.6 Å². The summed E-state index contributed by atoms with van der Waals surface area (Å²) in [5, 5.41) is 0. The van der Waals surface area contributed by atoms with Crippen LogP contribution in [0.25, 0.3) is 0 Å². The molecule has 0 radical (unpaired) electrons. The number of benzene rings is 1. The molecule has 0 spiro atoms. The molecule has 1 aromatic heterocycles. The lowest BCUT2D eigenvalue weighted by molar-refractivity contribution is 0.0219. The van der Waals surface area contributed by atoms with Crippen molar-refractivity contribution >= 4 is 6.09 Å². The molecule has 7 nitrogen and oxygen atoms in total. The van der Waals surface area contributed by atoms with E-state index < -0.39 is 5.60 Å². The van der Waals surface area contributed by atoms with Crippen molar-refractivity contribution in [1.82, 2.24) is 14.5 Å². The Labute approximate surface area is 195 Å². The number of hydrogen-bond donors (Lipinski definition) is 0. The molecule has 2 aromatic rings. The zero-order valence-corrected chi connectivity index (χ0v) is 20.4. The van der Waals surface area contributed by atoms with Crippen molar-refractivity contribution in [1.29, 1.82) is 0 Å². The first-order chi connectivity index (χ1) is 15.7. The third-order valence-electron chi connectivity index (χ3n) is 6.68. The summed E-state index contributed by atoms with van der Waals surface area (Å²) in [6.45, 7) is 8.22. The van der Waals surface area contributed by atoms with E-state index in [2.05, 4.69) is 12.1 Å². The summed E-state index contributed by atoms with van der Waals surface area (Å²) >= 11 is 0. The van der Waals surface area contributed by atoms with Crippen LogP contribution < -0.4 is 10.3 Å². The van der Waals surface area contributed by atoms with E-state index >= 15 is 0 Å². The smallest absolute Gasteiger partial charge is 0.410 e. The highest BCUT2D eigenvalue weighted by molar-refractivity contribution is 5.68. The molecule has 0 bridgehead atoms. The minimum atomic E-state index is -0.559. The zero-order valence-electron chi connectivity index (χ0n) is 20.4. The summed E-state index contributed by atoms with van der Waals surface area (Å²) in [5.74, 6) is 1.90.